The highest BCUT2D eigenvalue weighted by molar-refractivity contribution is 5.81. The third-order valence-electron chi connectivity index (χ3n) is 2.98. The Balaban J connectivity index is 2.67. The van der Waals surface area contributed by atoms with Gasteiger partial charge in [-0.3, -0.25) is 4.79 Å². The Hall–Kier alpha value is -1.71. The largest absolute Gasteiger partial charge is 0.497 e. The molecule has 0 aliphatic rings. The van der Waals surface area contributed by atoms with Crippen molar-refractivity contribution >= 4 is 5.91 Å². The Kier molecular flexibility index (Phi) is 6.19. The molecule has 0 heterocycles. The third kappa shape index (κ3) is 4.81. The molecule has 4 heteroatoms. The number of amides is 1. The van der Waals surface area contributed by atoms with Crippen LogP contribution in [0.1, 0.15) is 33.6 Å². The van der Waals surface area contributed by atoms with Crippen LogP contribution in [-0.2, 0) is 4.79 Å². The van der Waals surface area contributed by atoms with Gasteiger partial charge in [-0.05, 0) is 31.9 Å². The van der Waals surface area contributed by atoms with Gasteiger partial charge in [0.25, 0.3) is 5.91 Å². The SMILES string of the molecule is CC[C@@H](C)NC(=O)[C@H](CC)Oc1cccc(OC)c1. The summed E-state index contributed by atoms with van der Waals surface area (Å²) in [6.45, 7) is 5.95. The van der Waals surface area contributed by atoms with Crippen LogP contribution in [-0.4, -0.2) is 25.2 Å². The second-order valence-corrected chi connectivity index (χ2v) is 4.51. The molecule has 1 amide bonds. The van der Waals surface area contributed by atoms with E-state index >= 15 is 0 Å². The first-order valence-electron chi connectivity index (χ1n) is 6.71. The molecule has 0 aliphatic heterocycles. The van der Waals surface area contributed by atoms with E-state index in [9.17, 15) is 4.79 Å². The van der Waals surface area contributed by atoms with Crippen LogP contribution in [0.2, 0.25) is 0 Å². The highest BCUT2D eigenvalue weighted by Gasteiger charge is 2.19. The van der Waals surface area contributed by atoms with Crippen molar-refractivity contribution in [2.45, 2.75) is 45.8 Å². The lowest BCUT2D eigenvalue weighted by Crippen LogP contribution is -2.42. The number of ether oxygens (including phenoxy) is 2. The van der Waals surface area contributed by atoms with Crippen LogP contribution in [0.25, 0.3) is 0 Å². The van der Waals surface area contributed by atoms with Crippen LogP contribution in [0, 0.1) is 0 Å². The summed E-state index contributed by atoms with van der Waals surface area (Å²) in [4.78, 5) is 12.0. The van der Waals surface area contributed by atoms with Crippen molar-refractivity contribution in [2.24, 2.45) is 0 Å². The number of carbonyl (C=O) groups excluding carboxylic acids is 1. The minimum absolute atomic E-state index is 0.0698. The van der Waals surface area contributed by atoms with Gasteiger partial charge in [0.05, 0.1) is 7.11 Å². The minimum Gasteiger partial charge on any atom is -0.497 e. The van der Waals surface area contributed by atoms with Crippen molar-refractivity contribution in [3.63, 3.8) is 0 Å². The molecule has 0 saturated carbocycles. The quantitative estimate of drug-likeness (QED) is 0.824. The van der Waals surface area contributed by atoms with E-state index in [1.54, 1.807) is 13.2 Å². The lowest BCUT2D eigenvalue weighted by Gasteiger charge is -2.20. The van der Waals surface area contributed by atoms with E-state index in [2.05, 4.69) is 5.32 Å². The number of nitrogens with one attached hydrogen (secondary N) is 1. The number of methoxy groups -OCH3 is 1. The van der Waals surface area contributed by atoms with Gasteiger partial charge >= 0.3 is 0 Å². The zero-order chi connectivity index (χ0) is 14.3. The molecule has 1 aromatic carbocycles. The fourth-order valence-corrected chi connectivity index (χ4v) is 1.60. The molecule has 0 aliphatic carbocycles. The predicted molar refractivity (Wildman–Crippen MR) is 75.6 cm³/mol. The molecule has 0 bridgehead atoms. The molecule has 2 atom stereocenters. The van der Waals surface area contributed by atoms with Crippen molar-refractivity contribution in [1.82, 2.24) is 5.32 Å². The van der Waals surface area contributed by atoms with Crippen LogP contribution in [0.15, 0.2) is 24.3 Å². The molecule has 1 N–H and O–H groups in total. The predicted octanol–water partition coefficient (Wildman–Crippen LogP) is 2.77. The highest BCUT2D eigenvalue weighted by Crippen LogP contribution is 2.20. The summed E-state index contributed by atoms with van der Waals surface area (Å²) in [5.41, 5.74) is 0. The van der Waals surface area contributed by atoms with E-state index in [0.717, 1.165) is 12.2 Å². The lowest BCUT2D eigenvalue weighted by atomic mass is 10.2. The van der Waals surface area contributed by atoms with E-state index < -0.39 is 6.10 Å². The van der Waals surface area contributed by atoms with E-state index in [-0.39, 0.29) is 11.9 Å². The normalized spacial score (nSPS) is 13.5. The Morgan fingerprint density at radius 2 is 1.95 bits per heavy atom. The first kappa shape index (κ1) is 15.3. The van der Waals surface area contributed by atoms with Crippen LogP contribution in [0.5, 0.6) is 11.5 Å². The zero-order valence-electron chi connectivity index (χ0n) is 12.1. The maximum Gasteiger partial charge on any atom is 0.261 e. The summed E-state index contributed by atoms with van der Waals surface area (Å²) in [7, 11) is 1.60. The smallest absolute Gasteiger partial charge is 0.261 e. The van der Waals surface area contributed by atoms with E-state index in [1.165, 1.54) is 0 Å². The van der Waals surface area contributed by atoms with Crippen molar-refractivity contribution in [1.29, 1.82) is 0 Å². The van der Waals surface area contributed by atoms with Gasteiger partial charge in [-0.15, -0.1) is 0 Å². The van der Waals surface area contributed by atoms with Gasteiger partial charge in [-0.2, -0.15) is 0 Å². The molecule has 1 rings (SSSR count). The summed E-state index contributed by atoms with van der Waals surface area (Å²) in [5, 5.41) is 2.93. The van der Waals surface area contributed by atoms with Gasteiger partial charge < -0.3 is 14.8 Å². The fraction of sp³-hybridized carbons (Fsp3) is 0.533. The van der Waals surface area contributed by atoms with E-state index in [4.69, 9.17) is 9.47 Å². The topological polar surface area (TPSA) is 47.6 Å². The Labute approximate surface area is 115 Å². The number of hydrogen-bond donors (Lipinski definition) is 1. The molecule has 0 fully saturated rings. The number of rotatable bonds is 7. The van der Waals surface area contributed by atoms with Crippen LogP contribution >= 0.6 is 0 Å². The molecule has 1 aromatic rings. The molecule has 0 spiro atoms. The van der Waals surface area contributed by atoms with Crippen LogP contribution < -0.4 is 14.8 Å². The standard InChI is InChI=1S/C15H23NO3/c1-5-11(3)16-15(17)14(6-2)19-13-9-7-8-12(10-13)18-4/h7-11,14H,5-6H2,1-4H3,(H,16,17)/t11-,14+/m1/s1. The number of benzene rings is 1. The number of carbonyl (C=O) groups is 1. The van der Waals surface area contributed by atoms with Gasteiger partial charge in [0, 0.05) is 12.1 Å². The van der Waals surface area contributed by atoms with Crippen molar-refractivity contribution in [3.8, 4) is 11.5 Å². The van der Waals surface area contributed by atoms with Gasteiger partial charge in [0.1, 0.15) is 11.5 Å². The Bertz CT molecular complexity index is 406. The molecule has 0 saturated heterocycles. The number of hydrogen-bond acceptors (Lipinski definition) is 3. The van der Waals surface area contributed by atoms with Gasteiger partial charge in [0.2, 0.25) is 0 Å². The summed E-state index contributed by atoms with van der Waals surface area (Å²) < 4.78 is 10.9. The van der Waals surface area contributed by atoms with Crippen molar-refractivity contribution < 1.29 is 14.3 Å². The maximum absolute atomic E-state index is 12.0. The fourth-order valence-electron chi connectivity index (χ4n) is 1.60. The molecule has 0 unspecified atom stereocenters. The lowest BCUT2D eigenvalue weighted by molar-refractivity contribution is -0.128. The van der Waals surface area contributed by atoms with E-state index in [0.29, 0.717) is 12.2 Å². The highest BCUT2D eigenvalue weighted by atomic mass is 16.5. The van der Waals surface area contributed by atoms with Crippen LogP contribution in [0.4, 0.5) is 0 Å². The molecule has 0 radical (unpaired) electrons. The second kappa shape index (κ2) is 7.67. The first-order valence-corrected chi connectivity index (χ1v) is 6.71. The van der Waals surface area contributed by atoms with Crippen molar-refractivity contribution in [3.05, 3.63) is 24.3 Å². The van der Waals surface area contributed by atoms with Crippen molar-refractivity contribution in [2.75, 3.05) is 7.11 Å². The average Bonchev–Trinajstić information content (AvgIpc) is 2.44. The molecular weight excluding hydrogens is 242 g/mol. The second-order valence-electron chi connectivity index (χ2n) is 4.51. The van der Waals surface area contributed by atoms with E-state index in [1.807, 2.05) is 39.0 Å². The summed E-state index contributed by atoms with van der Waals surface area (Å²) in [6, 6.07) is 7.44. The zero-order valence-corrected chi connectivity index (χ0v) is 12.1. The molecule has 0 aromatic heterocycles. The molecular formula is C15H23NO3. The average molecular weight is 265 g/mol. The summed E-state index contributed by atoms with van der Waals surface area (Å²) in [5.74, 6) is 1.29. The first-order chi connectivity index (χ1) is 9.10. The summed E-state index contributed by atoms with van der Waals surface area (Å²) in [6.07, 6.45) is 1.06. The summed E-state index contributed by atoms with van der Waals surface area (Å²) >= 11 is 0. The van der Waals surface area contributed by atoms with Crippen LogP contribution in [0.3, 0.4) is 0 Å². The monoisotopic (exact) mass is 265 g/mol. The molecule has 4 nitrogen and oxygen atoms in total. The maximum atomic E-state index is 12.0. The molecule has 19 heavy (non-hydrogen) atoms. The van der Waals surface area contributed by atoms with Gasteiger partial charge in [-0.1, -0.05) is 19.9 Å². The molecule has 106 valence electrons. The minimum atomic E-state index is -0.471. The Morgan fingerprint density at radius 1 is 1.26 bits per heavy atom. The van der Waals surface area contributed by atoms with Gasteiger partial charge in [0.15, 0.2) is 6.10 Å². The van der Waals surface area contributed by atoms with Gasteiger partial charge in [-0.25, -0.2) is 0 Å². The third-order valence-corrected chi connectivity index (χ3v) is 2.98. The Morgan fingerprint density at radius 3 is 2.53 bits per heavy atom.